The van der Waals surface area contributed by atoms with E-state index in [0.717, 1.165) is 35.6 Å². The van der Waals surface area contributed by atoms with Crippen LogP contribution in [0.5, 0.6) is 17.2 Å². The summed E-state index contributed by atoms with van der Waals surface area (Å²) in [7, 11) is 4.67. The molecule has 0 saturated heterocycles. The Hall–Kier alpha value is -3.91. The normalized spacial score (nSPS) is 12.9. The molecule has 0 aliphatic carbocycles. The van der Waals surface area contributed by atoms with E-state index in [4.69, 9.17) is 30.8 Å². The molecule has 1 aliphatic heterocycles. The van der Waals surface area contributed by atoms with Crippen LogP contribution >= 0.6 is 11.6 Å². The van der Waals surface area contributed by atoms with E-state index in [0.29, 0.717) is 40.1 Å². The molecule has 0 fully saturated rings. The van der Waals surface area contributed by atoms with E-state index < -0.39 is 0 Å². The van der Waals surface area contributed by atoms with Gasteiger partial charge in [0.05, 0.1) is 44.6 Å². The van der Waals surface area contributed by atoms with E-state index >= 15 is 0 Å². The monoisotopic (exact) mass is 492 g/mol. The molecule has 1 aliphatic rings. The number of carbonyl (C=O) groups is 1. The van der Waals surface area contributed by atoms with Crippen LogP contribution in [0.1, 0.15) is 16.2 Å². The molecule has 9 heteroatoms. The van der Waals surface area contributed by atoms with Gasteiger partial charge in [-0.25, -0.2) is 4.98 Å². The Morgan fingerprint density at radius 3 is 2.49 bits per heavy atom. The second-order valence-corrected chi connectivity index (χ2v) is 8.58. The summed E-state index contributed by atoms with van der Waals surface area (Å²) in [6.45, 7) is 2.29. The number of hydrogen-bond acceptors (Lipinski definition) is 6. The number of hydrogen-bond donors (Lipinski definition) is 1. The predicted octanol–water partition coefficient (Wildman–Crippen LogP) is 4.99. The number of fused-ring (bicyclic) bond motifs is 3. The SMILES string of the molecule is COc1cc(N2CCn3c(nc4cc(Cl)ccc43)C2)ccc1NC(=O)c1ccc(OC)c(OC)c1. The summed E-state index contributed by atoms with van der Waals surface area (Å²) in [5, 5.41) is 3.61. The van der Waals surface area contributed by atoms with Crippen molar-refractivity contribution in [3.63, 3.8) is 0 Å². The number of nitrogens with one attached hydrogen (secondary N) is 1. The zero-order valence-electron chi connectivity index (χ0n) is 19.7. The van der Waals surface area contributed by atoms with Crippen molar-refractivity contribution in [1.82, 2.24) is 9.55 Å². The van der Waals surface area contributed by atoms with Crippen molar-refractivity contribution in [2.75, 3.05) is 38.1 Å². The largest absolute Gasteiger partial charge is 0.494 e. The van der Waals surface area contributed by atoms with Crippen molar-refractivity contribution >= 4 is 39.9 Å². The fourth-order valence-electron chi connectivity index (χ4n) is 4.37. The molecule has 2 heterocycles. The molecule has 0 spiro atoms. The van der Waals surface area contributed by atoms with Crippen LogP contribution in [0.25, 0.3) is 11.0 Å². The number of methoxy groups -OCH3 is 3. The number of amides is 1. The Labute approximate surface area is 208 Å². The average Bonchev–Trinajstić information content (AvgIpc) is 3.24. The number of halogens is 1. The van der Waals surface area contributed by atoms with Crippen molar-refractivity contribution in [3.8, 4) is 17.2 Å². The summed E-state index contributed by atoms with van der Waals surface area (Å²) in [6.07, 6.45) is 0. The first-order valence-electron chi connectivity index (χ1n) is 11.1. The molecule has 0 bridgehead atoms. The van der Waals surface area contributed by atoms with Crippen LogP contribution in [0.15, 0.2) is 54.6 Å². The fraction of sp³-hybridized carbons (Fsp3) is 0.231. The van der Waals surface area contributed by atoms with Gasteiger partial charge in [-0.2, -0.15) is 0 Å². The molecule has 1 amide bonds. The summed E-state index contributed by atoms with van der Waals surface area (Å²) in [5.74, 6) is 2.33. The summed E-state index contributed by atoms with van der Waals surface area (Å²) in [4.78, 5) is 19.9. The number of nitrogens with zero attached hydrogens (tertiary/aromatic N) is 3. The fourth-order valence-corrected chi connectivity index (χ4v) is 4.53. The third kappa shape index (κ3) is 4.33. The third-order valence-electron chi connectivity index (χ3n) is 6.16. The summed E-state index contributed by atoms with van der Waals surface area (Å²) >= 11 is 6.14. The molecule has 3 aromatic carbocycles. The molecule has 1 N–H and O–H groups in total. The maximum absolute atomic E-state index is 12.9. The molecule has 0 atom stereocenters. The van der Waals surface area contributed by atoms with Crippen LogP contribution in [0.3, 0.4) is 0 Å². The standard InChI is InChI=1S/C26H25ClN4O4/c1-33-22-9-4-16(12-24(22)35-3)26(32)29-19-7-6-18(14-23(19)34-2)30-10-11-31-21-8-5-17(27)13-20(21)28-25(31)15-30/h4-9,12-14H,10-11,15H2,1-3H3,(H,29,32). The van der Waals surface area contributed by atoms with E-state index in [1.165, 1.54) is 7.11 Å². The minimum Gasteiger partial charge on any atom is -0.494 e. The van der Waals surface area contributed by atoms with Crippen LogP contribution in [-0.2, 0) is 13.1 Å². The number of carbonyl (C=O) groups excluding carboxylic acids is 1. The van der Waals surface area contributed by atoms with Gasteiger partial charge in [0.25, 0.3) is 5.91 Å². The van der Waals surface area contributed by atoms with E-state index in [1.54, 1.807) is 32.4 Å². The highest BCUT2D eigenvalue weighted by Crippen LogP contribution is 2.33. The number of rotatable bonds is 6. The zero-order chi connectivity index (χ0) is 24.5. The van der Waals surface area contributed by atoms with E-state index in [2.05, 4.69) is 14.8 Å². The summed E-state index contributed by atoms with van der Waals surface area (Å²) in [6, 6.07) is 16.6. The van der Waals surface area contributed by atoms with Crippen LogP contribution in [0.2, 0.25) is 5.02 Å². The van der Waals surface area contributed by atoms with Gasteiger partial charge in [-0.3, -0.25) is 4.79 Å². The summed E-state index contributed by atoms with van der Waals surface area (Å²) in [5.41, 5.74) is 4.01. The molecular weight excluding hydrogens is 468 g/mol. The average molecular weight is 493 g/mol. The van der Waals surface area contributed by atoms with Crippen molar-refractivity contribution in [2.24, 2.45) is 0 Å². The summed E-state index contributed by atoms with van der Waals surface area (Å²) < 4.78 is 18.4. The van der Waals surface area contributed by atoms with E-state index in [1.807, 2.05) is 36.4 Å². The molecule has 35 heavy (non-hydrogen) atoms. The Bertz CT molecular complexity index is 1420. The lowest BCUT2D eigenvalue weighted by atomic mass is 10.1. The Morgan fingerprint density at radius 2 is 1.71 bits per heavy atom. The maximum atomic E-state index is 12.9. The van der Waals surface area contributed by atoms with Gasteiger partial charge >= 0.3 is 0 Å². The van der Waals surface area contributed by atoms with Crippen molar-refractivity contribution in [1.29, 1.82) is 0 Å². The van der Waals surface area contributed by atoms with Crippen LogP contribution < -0.4 is 24.4 Å². The zero-order valence-corrected chi connectivity index (χ0v) is 20.4. The molecule has 4 aromatic rings. The molecule has 5 rings (SSSR count). The smallest absolute Gasteiger partial charge is 0.255 e. The van der Waals surface area contributed by atoms with Gasteiger partial charge < -0.3 is 29.0 Å². The Balaban J connectivity index is 1.36. The molecule has 8 nitrogen and oxygen atoms in total. The van der Waals surface area contributed by atoms with Gasteiger partial charge in [0.15, 0.2) is 11.5 Å². The highest BCUT2D eigenvalue weighted by atomic mass is 35.5. The van der Waals surface area contributed by atoms with Gasteiger partial charge in [-0.15, -0.1) is 0 Å². The highest BCUT2D eigenvalue weighted by Gasteiger charge is 2.22. The topological polar surface area (TPSA) is 77.9 Å². The molecule has 1 aromatic heterocycles. The first-order chi connectivity index (χ1) is 17.0. The molecular formula is C26H25ClN4O4. The minimum atomic E-state index is -0.276. The molecule has 0 saturated carbocycles. The molecule has 0 radical (unpaired) electrons. The Kier molecular flexibility index (Phi) is 6.13. The Morgan fingerprint density at radius 1 is 0.914 bits per heavy atom. The van der Waals surface area contributed by atoms with Crippen molar-refractivity contribution in [3.05, 3.63) is 71.0 Å². The second-order valence-electron chi connectivity index (χ2n) is 8.14. The van der Waals surface area contributed by atoms with Gasteiger partial charge in [0, 0.05) is 35.4 Å². The van der Waals surface area contributed by atoms with Gasteiger partial charge in [0.1, 0.15) is 11.6 Å². The number of benzene rings is 3. The van der Waals surface area contributed by atoms with Gasteiger partial charge in [-0.1, -0.05) is 11.6 Å². The third-order valence-corrected chi connectivity index (χ3v) is 6.39. The van der Waals surface area contributed by atoms with Crippen LogP contribution in [-0.4, -0.2) is 43.3 Å². The van der Waals surface area contributed by atoms with Crippen LogP contribution in [0.4, 0.5) is 11.4 Å². The van der Waals surface area contributed by atoms with Crippen LogP contribution in [0, 0.1) is 0 Å². The first kappa shape index (κ1) is 22.9. The lowest BCUT2D eigenvalue weighted by Gasteiger charge is -2.30. The molecule has 180 valence electrons. The number of ether oxygens (including phenoxy) is 3. The quantitative estimate of drug-likeness (QED) is 0.408. The van der Waals surface area contributed by atoms with Crippen molar-refractivity contribution in [2.45, 2.75) is 13.1 Å². The first-order valence-corrected chi connectivity index (χ1v) is 11.5. The van der Waals surface area contributed by atoms with E-state index in [-0.39, 0.29) is 5.91 Å². The molecule has 0 unspecified atom stereocenters. The number of aromatic nitrogens is 2. The predicted molar refractivity (Wildman–Crippen MR) is 136 cm³/mol. The minimum absolute atomic E-state index is 0.276. The van der Waals surface area contributed by atoms with Crippen molar-refractivity contribution < 1.29 is 19.0 Å². The number of imidazole rings is 1. The lowest BCUT2D eigenvalue weighted by molar-refractivity contribution is 0.102. The van der Waals surface area contributed by atoms with Gasteiger partial charge in [0.2, 0.25) is 0 Å². The van der Waals surface area contributed by atoms with E-state index in [9.17, 15) is 4.79 Å². The second kappa shape index (κ2) is 9.38. The van der Waals surface area contributed by atoms with Gasteiger partial charge in [-0.05, 0) is 48.5 Å². The lowest BCUT2D eigenvalue weighted by Crippen LogP contribution is -2.33. The highest BCUT2D eigenvalue weighted by molar-refractivity contribution is 6.31. The maximum Gasteiger partial charge on any atom is 0.255 e. The number of anilines is 2.